The highest BCUT2D eigenvalue weighted by Gasteiger charge is 2.45. The largest absolute Gasteiger partial charge is 0.481 e. The molecule has 1 aromatic carbocycles. The third kappa shape index (κ3) is 2.95. The van der Waals surface area contributed by atoms with E-state index in [4.69, 9.17) is 5.11 Å². The van der Waals surface area contributed by atoms with Crippen LogP contribution in [0.1, 0.15) is 40.0 Å². The predicted molar refractivity (Wildman–Crippen MR) is 83.9 cm³/mol. The molecule has 9 nitrogen and oxygen atoms in total. The molecule has 1 atom stereocenters. The van der Waals surface area contributed by atoms with Gasteiger partial charge >= 0.3 is 5.97 Å². The Balaban J connectivity index is 1.87. The number of carbonyl (C=O) groups excluding carboxylic acids is 4. The van der Waals surface area contributed by atoms with Crippen LogP contribution in [0.25, 0.3) is 0 Å². The van der Waals surface area contributed by atoms with Crippen molar-refractivity contribution in [1.82, 2.24) is 10.2 Å². The van der Waals surface area contributed by atoms with Gasteiger partial charge in [-0.3, -0.25) is 34.2 Å². The van der Waals surface area contributed by atoms with Crippen LogP contribution < -0.4 is 10.6 Å². The minimum Gasteiger partial charge on any atom is -0.481 e. The van der Waals surface area contributed by atoms with Gasteiger partial charge in [0.1, 0.15) is 6.04 Å². The van der Waals surface area contributed by atoms with E-state index in [1.165, 1.54) is 6.07 Å². The number of rotatable bonds is 5. The summed E-state index contributed by atoms with van der Waals surface area (Å²) >= 11 is 0. The number of imide groups is 2. The van der Waals surface area contributed by atoms with E-state index in [0.717, 1.165) is 4.90 Å². The molecular weight excluding hydrogens is 330 g/mol. The maximum Gasteiger partial charge on any atom is 0.305 e. The molecule has 0 bridgehead atoms. The summed E-state index contributed by atoms with van der Waals surface area (Å²) in [4.78, 5) is 60.1. The number of hydrogen-bond donors (Lipinski definition) is 3. The van der Waals surface area contributed by atoms with Gasteiger partial charge in [0, 0.05) is 18.7 Å². The third-order valence-electron chi connectivity index (χ3n) is 4.12. The number of amides is 4. The highest BCUT2D eigenvalue weighted by molar-refractivity contribution is 6.25. The van der Waals surface area contributed by atoms with Crippen LogP contribution >= 0.6 is 0 Å². The second kappa shape index (κ2) is 6.34. The SMILES string of the molecule is O=C(O)CCNc1cccc2c1C(=O)N(C1CCC(=O)NC1=O)C2=O. The number of benzene rings is 1. The van der Waals surface area contributed by atoms with Crippen molar-refractivity contribution in [3.05, 3.63) is 29.3 Å². The Morgan fingerprint density at radius 3 is 2.68 bits per heavy atom. The van der Waals surface area contributed by atoms with Gasteiger partial charge in [0.25, 0.3) is 11.8 Å². The standard InChI is InChI=1S/C16H15N3O6/c20-11-5-4-10(14(23)18-11)19-15(24)8-2-1-3-9(13(8)16(19)25)17-7-6-12(21)22/h1-3,10,17H,4-7H2,(H,21,22)(H,18,20,23). The number of fused-ring (bicyclic) bond motifs is 1. The fourth-order valence-electron chi connectivity index (χ4n) is 2.97. The summed E-state index contributed by atoms with van der Waals surface area (Å²) < 4.78 is 0. The molecule has 2 aliphatic heterocycles. The second-order valence-corrected chi connectivity index (χ2v) is 5.75. The van der Waals surface area contributed by atoms with Crippen molar-refractivity contribution < 1.29 is 29.1 Å². The van der Waals surface area contributed by atoms with Crippen LogP contribution in [0.3, 0.4) is 0 Å². The second-order valence-electron chi connectivity index (χ2n) is 5.75. The van der Waals surface area contributed by atoms with Gasteiger partial charge in [-0.2, -0.15) is 0 Å². The van der Waals surface area contributed by atoms with Crippen molar-refractivity contribution in [1.29, 1.82) is 0 Å². The fourth-order valence-corrected chi connectivity index (χ4v) is 2.97. The van der Waals surface area contributed by atoms with Crippen LogP contribution in [-0.4, -0.2) is 52.2 Å². The lowest BCUT2D eigenvalue weighted by Crippen LogP contribution is -2.54. The van der Waals surface area contributed by atoms with E-state index >= 15 is 0 Å². The molecule has 2 heterocycles. The van der Waals surface area contributed by atoms with Crippen molar-refractivity contribution in [3.8, 4) is 0 Å². The Morgan fingerprint density at radius 1 is 1.24 bits per heavy atom. The first-order valence-corrected chi connectivity index (χ1v) is 7.70. The van der Waals surface area contributed by atoms with E-state index in [-0.39, 0.29) is 36.9 Å². The smallest absolute Gasteiger partial charge is 0.305 e. The molecule has 4 amide bonds. The van der Waals surface area contributed by atoms with E-state index in [1.807, 2.05) is 0 Å². The molecule has 25 heavy (non-hydrogen) atoms. The van der Waals surface area contributed by atoms with Crippen molar-refractivity contribution in [2.75, 3.05) is 11.9 Å². The number of hydrogen-bond acceptors (Lipinski definition) is 6. The summed E-state index contributed by atoms with van der Waals surface area (Å²) in [6.07, 6.45) is -0.0197. The number of piperidine rings is 1. The van der Waals surface area contributed by atoms with Crippen molar-refractivity contribution in [2.45, 2.75) is 25.3 Å². The van der Waals surface area contributed by atoms with Gasteiger partial charge in [0.2, 0.25) is 11.8 Å². The summed E-state index contributed by atoms with van der Waals surface area (Å²) in [5, 5.41) is 13.7. The quantitative estimate of drug-likeness (QED) is 0.638. The van der Waals surface area contributed by atoms with E-state index in [2.05, 4.69) is 10.6 Å². The Kier molecular flexibility index (Phi) is 4.22. The average molecular weight is 345 g/mol. The predicted octanol–water partition coefficient (Wildman–Crippen LogP) is -0.0256. The Hall–Kier alpha value is -3.23. The molecule has 0 saturated carbocycles. The molecule has 9 heteroatoms. The number of nitrogens with one attached hydrogen (secondary N) is 2. The molecule has 0 aromatic heterocycles. The molecule has 3 N–H and O–H groups in total. The fraction of sp³-hybridized carbons (Fsp3) is 0.312. The minimum atomic E-state index is -1.03. The molecule has 1 aromatic rings. The van der Waals surface area contributed by atoms with Crippen LogP contribution in [0.5, 0.6) is 0 Å². The zero-order valence-corrected chi connectivity index (χ0v) is 13.1. The maximum absolute atomic E-state index is 12.7. The lowest BCUT2D eigenvalue weighted by molar-refractivity contribution is -0.137. The lowest BCUT2D eigenvalue weighted by atomic mass is 10.0. The molecule has 130 valence electrons. The Labute approximate surface area is 142 Å². The highest BCUT2D eigenvalue weighted by Crippen LogP contribution is 2.32. The van der Waals surface area contributed by atoms with Gasteiger partial charge < -0.3 is 10.4 Å². The van der Waals surface area contributed by atoms with Crippen molar-refractivity contribution in [2.24, 2.45) is 0 Å². The van der Waals surface area contributed by atoms with E-state index in [0.29, 0.717) is 5.69 Å². The molecule has 1 unspecified atom stereocenters. The Bertz CT molecular complexity index is 803. The van der Waals surface area contributed by atoms with Crippen molar-refractivity contribution >= 4 is 35.3 Å². The summed E-state index contributed by atoms with van der Waals surface area (Å²) in [5.41, 5.74) is 0.601. The molecule has 3 rings (SSSR count). The molecule has 1 fully saturated rings. The number of carboxylic acids is 1. The van der Waals surface area contributed by atoms with E-state index in [9.17, 15) is 24.0 Å². The first-order chi connectivity index (χ1) is 11.9. The van der Waals surface area contributed by atoms with Gasteiger partial charge in [-0.25, -0.2) is 0 Å². The average Bonchev–Trinajstić information content (AvgIpc) is 2.80. The summed E-state index contributed by atoms with van der Waals surface area (Å²) in [5.74, 6) is -3.34. The first-order valence-electron chi connectivity index (χ1n) is 7.70. The highest BCUT2D eigenvalue weighted by atomic mass is 16.4. The molecule has 1 saturated heterocycles. The zero-order valence-electron chi connectivity index (χ0n) is 13.1. The lowest BCUT2D eigenvalue weighted by Gasteiger charge is -2.27. The van der Waals surface area contributed by atoms with Gasteiger partial charge in [-0.1, -0.05) is 6.07 Å². The molecule has 0 aliphatic carbocycles. The van der Waals surface area contributed by atoms with Crippen molar-refractivity contribution in [3.63, 3.8) is 0 Å². The van der Waals surface area contributed by atoms with Gasteiger partial charge in [-0.15, -0.1) is 0 Å². The number of nitrogens with zero attached hydrogens (tertiary/aromatic N) is 1. The summed E-state index contributed by atoms with van der Waals surface area (Å²) in [7, 11) is 0. The van der Waals surface area contributed by atoms with Crippen LogP contribution in [0.15, 0.2) is 18.2 Å². The van der Waals surface area contributed by atoms with E-state index < -0.39 is 35.6 Å². The summed E-state index contributed by atoms with van der Waals surface area (Å²) in [6, 6.07) is 3.59. The monoisotopic (exact) mass is 345 g/mol. The number of anilines is 1. The van der Waals surface area contributed by atoms with Crippen LogP contribution in [0, 0.1) is 0 Å². The number of carbonyl (C=O) groups is 5. The molecule has 2 aliphatic rings. The molecule has 0 spiro atoms. The van der Waals surface area contributed by atoms with Gasteiger partial charge in [-0.05, 0) is 18.6 Å². The van der Waals surface area contributed by atoms with Gasteiger partial charge in [0.15, 0.2) is 0 Å². The topological polar surface area (TPSA) is 133 Å². The normalized spacial score (nSPS) is 19.7. The van der Waals surface area contributed by atoms with Crippen LogP contribution in [-0.2, 0) is 14.4 Å². The molecule has 0 radical (unpaired) electrons. The zero-order chi connectivity index (χ0) is 18.1. The third-order valence-corrected chi connectivity index (χ3v) is 4.12. The maximum atomic E-state index is 12.7. The number of aliphatic carboxylic acids is 1. The summed E-state index contributed by atoms with van der Waals surface area (Å²) in [6.45, 7) is 0.0890. The van der Waals surface area contributed by atoms with E-state index in [1.54, 1.807) is 12.1 Å². The van der Waals surface area contributed by atoms with Crippen LogP contribution in [0.2, 0.25) is 0 Å². The van der Waals surface area contributed by atoms with Crippen LogP contribution in [0.4, 0.5) is 5.69 Å². The first kappa shape index (κ1) is 16.6. The van der Waals surface area contributed by atoms with Gasteiger partial charge in [0.05, 0.1) is 17.5 Å². The Morgan fingerprint density at radius 2 is 2.00 bits per heavy atom. The molecular formula is C16H15N3O6. The minimum absolute atomic E-state index is 0.0491. The number of carboxylic acid groups (broad SMARTS) is 1.